The van der Waals surface area contributed by atoms with E-state index in [4.69, 9.17) is 5.21 Å². The number of nitrogens with one attached hydrogen (secondary N) is 1. The molecule has 0 atom stereocenters. The van der Waals surface area contributed by atoms with Gasteiger partial charge in [0.15, 0.2) is 0 Å². The molecule has 3 nitrogen and oxygen atoms in total. The molecule has 0 saturated carbocycles. The zero-order chi connectivity index (χ0) is 6.95. The summed E-state index contributed by atoms with van der Waals surface area (Å²) in [7, 11) is 1.43. The molecule has 0 radical (unpaired) electrons. The van der Waals surface area contributed by atoms with E-state index in [1.165, 1.54) is 7.05 Å². The zero-order valence-corrected chi connectivity index (χ0v) is 5.28. The van der Waals surface area contributed by atoms with Gasteiger partial charge in [0.2, 0.25) is 0 Å². The van der Waals surface area contributed by atoms with Crippen molar-refractivity contribution in [2.45, 2.75) is 0 Å². The summed E-state index contributed by atoms with van der Waals surface area (Å²) < 4.78 is 0. The van der Waals surface area contributed by atoms with E-state index < -0.39 is 0 Å². The largest absolute Gasteiger partial charge is 0.317 e. The Labute approximate surface area is 54.3 Å². The summed E-state index contributed by atoms with van der Waals surface area (Å²) in [4.78, 5) is 3.78. The van der Waals surface area contributed by atoms with Crippen molar-refractivity contribution in [1.82, 2.24) is 10.5 Å². The predicted molar refractivity (Wildman–Crippen MR) is 35.1 cm³/mol. The number of aromatic nitrogens is 1. The highest BCUT2D eigenvalue weighted by Gasteiger charge is 1.58. The van der Waals surface area contributed by atoms with Gasteiger partial charge >= 0.3 is 0 Å². The Balaban J connectivity index is 0.000000187. The first-order valence-electron chi connectivity index (χ1n) is 2.57. The van der Waals surface area contributed by atoms with Gasteiger partial charge in [-0.05, 0) is 12.1 Å². The van der Waals surface area contributed by atoms with Crippen molar-refractivity contribution in [1.29, 1.82) is 0 Å². The van der Waals surface area contributed by atoms with Crippen molar-refractivity contribution >= 4 is 0 Å². The molecular formula is C6H10N2O. The molecule has 1 aromatic rings. The second-order valence-corrected chi connectivity index (χ2v) is 1.25. The van der Waals surface area contributed by atoms with E-state index >= 15 is 0 Å². The first kappa shape index (κ1) is 8.07. The van der Waals surface area contributed by atoms with Crippen LogP contribution in [0.1, 0.15) is 0 Å². The molecule has 0 fully saturated rings. The molecule has 0 saturated heterocycles. The molecule has 3 heteroatoms. The topological polar surface area (TPSA) is 45.1 Å². The van der Waals surface area contributed by atoms with Crippen molar-refractivity contribution in [3.05, 3.63) is 30.6 Å². The van der Waals surface area contributed by atoms with Crippen LogP contribution in [0.2, 0.25) is 0 Å². The molecule has 0 aliphatic rings. The standard InChI is InChI=1S/C5H5N.CH5NO/c1-2-4-6-5-3-1;1-2-3/h1-5H;2-3H,1H3. The van der Waals surface area contributed by atoms with Crippen LogP contribution in [0.15, 0.2) is 30.6 Å². The Kier molecular flexibility index (Phi) is 6.34. The first-order chi connectivity index (χ1) is 4.41. The van der Waals surface area contributed by atoms with Crippen LogP contribution in [0.25, 0.3) is 0 Å². The van der Waals surface area contributed by atoms with Gasteiger partial charge in [-0.3, -0.25) is 4.98 Å². The minimum absolute atomic E-state index is 1.43. The van der Waals surface area contributed by atoms with Crippen molar-refractivity contribution in [2.24, 2.45) is 0 Å². The average Bonchev–Trinajstić information content (AvgIpc) is 1.93. The van der Waals surface area contributed by atoms with Crippen molar-refractivity contribution in [2.75, 3.05) is 7.05 Å². The molecular weight excluding hydrogens is 116 g/mol. The molecule has 1 heterocycles. The minimum atomic E-state index is 1.43. The quantitative estimate of drug-likeness (QED) is 0.502. The first-order valence-corrected chi connectivity index (χ1v) is 2.57. The van der Waals surface area contributed by atoms with Gasteiger partial charge < -0.3 is 5.21 Å². The number of pyridine rings is 1. The molecule has 1 rings (SSSR count). The van der Waals surface area contributed by atoms with Gasteiger partial charge in [-0.2, -0.15) is 0 Å². The molecule has 2 N–H and O–H groups in total. The molecule has 0 aromatic carbocycles. The lowest BCUT2D eigenvalue weighted by atomic mass is 10.5. The van der Waals surface area contributed by atoms with Gasteiger partial charge in [0.05, 0.1) is 0 Å². The Morgan fingerprint density at radius 3 is 1.78 bits per heavy atom. The van der Waals surface area contributed by atoms with Crippen molar-refractivity contribution < 1.29 is 5.21 Å². The van der Waals surface area contributed by atoms with E-state index in [0.717, 1.165) is 0 Å². The van der Waals surface area contributed by atoms with Gasteiger partial charge in [0.1, 0.15) is 0 Å². The Hall–Kier alpha value is -0.930. The molecule has 0 amide bonds. The molecule has 0 bridgehead atoms. The molecule has 0 spiro atoms. The molecule has 0 unspecified atom stereocenters. The lowest BCUT2D eigenvalue weighted by molar-refractivity contribution is 0.194. The maximum atomic E-state index is 7.32. The fourth-order valence-corrected chi connectivity index (χ4v) is 0.313. The molecule has 0 aliphatic carbocycles. The number of nitrogens with zero attached hydrogens (tertiary/aromatic N) is 1. The van der Waals surface area contributed by atoms with E-state index in [9.17, 15) is 0 Å². The maximum Gasteiger partial charge on any atom is 0.0267 e. The molecule has 9 heavy (non-hydrogen) atoms. The Morgan fingerprint density at radius 2 is 1.67 bits per heavy atom. The lowest BCUT2D eigenvalue weighted by Gasteiger charge is -1.70. The van der Waals surface area contributed by atoms with Crippen LogP contribution in [0.5, 0.6) is 0 Å². The maximum absolute atomic E-state index is 7.32. The molecule has 50 valence electrons. The SMILES string of the molecule is CNO.c1ccncc1. The summed E-state index contributed by atoms with van der Waals surface area (Å²) in [5, 5.41) is 7.32. The molecule has 0 aliphatic heterocycles. The summed E-state index contributed by atoms with van der Waals surface area (Å²) in [5.74, 6) is 0. The highest BCUT2D eigenvalue weighted by Crippen LogP contribution is 1.73. The van der Waals surface area contributed by atoms with E-state index in [1.54, 1.807) is 17.9 Å². The lowest BCUT2D eigenvalue weighted by Crippen LogP contribution is -1.91. The van der Waals surface area contributed by atoms with Gasteiger partial charge in [0, 0.05) is 19.4 Å². The Bertz CT molecular complexity index is 93.9. The molecule has 1 aromatic heterocycles. The van der Waals surface area contributed by atoms with Gasteiger partial charge in [-0.15, -0.1) is 0 Å². The van der Waals surface area contributed by atoms with Crippen LogP contribution in [0.4, 0.5) is 0 Å². The smallest absolute Gasteiger partial charge is 0.0267 e. The van der Waals surface area contributed by atoms with Crippen LogP contribution in [-0.2, 0) is 0 Å². The second kappa shape index (κ2) is 7.07. The fraction of sp³-hybridized carbons (Fsp3) is 0.167. The normalized spacial score (nSPS) is 7.33. The van der Waals surface area contributed by atoms with Crippen LogP contribution in [-0.4, -0.2) is 17.2 Å². The van der Waals surface area contributed by atoms with Crippen LogP contribution < -0.4 is 5.48 Å². The van der Waals surface area contributed by atoms with Crippen LogP contribution >= 0.6 is 0 Å². The second-order valence-electron chi connectivity index (χ2n) is 1.25. The van der Waals surface area contributed by atoms with Gasteiger partial charge in [-0.1, -0.05) is 6.07 Å². The van der Waals surface area contributed by atoms with Crippen molar-refractivity contribution in [3.63, 3.8) is 0 Å². The van der Waals surface area contributed by atoms with Gasteiger partial charge in [-0.25, -0.2) is 5.48 Å². The predicted octanol–water partition coefficient (Wildman–Crippen LogP) is 0.677. The number of rotatable bonds is 0. The monoisotopic (exact) mass is 126 g/mol. The third-order valence-electron chi connectivity index (χ3n) is 0.566. The van der Waals surface area contributed by atoms with Crippen LogP contribution in [0.3, 0.4) is 0 Å². The number of hydrogen-bond donors (Lipinski definition) is 2. The van der Waals surface area contributed by atoms with E-state index in [-0.39, 0.29) is 0 Å². The average molecular weight is 126 g/mol. The van der Waals surface area contributed by atoms with E-state index in [0.29, 0.717) is 0 Å². The highest BCUT2D eigenvalue weighted by atomic mass is 16.5. The van der Waals surface area contributed by atoms with E-state index in [1.807, 2.05) is 18.2 Å². The van der Waals surface area contributed by atoms with Crippen LogP contribution in [0, 0.1) is 0 Å². The van der Waals surface area contributed by atoms with Crippen molar-refractivity contribution in [3.8, 4) is 0 Å². The number of hydrogen-bond acceptors (Lipinski definition) is 3. The Morgan fingerprint density at radius 1 is 1.22 bits per heavy atom. The number of hydroxylamine groups is 1. The highest BCUT2D eigenvalue weighted by molar-refractivity contribution is 4.88. The van der Waals surface area contributed by atoms with E-state index in [2.05, 4.69) is 4.98 Å². The zero-order valence-electron chi connectivity index (χ0n) is 5.28. The third-order valence-corrected chi connectivity index (χ3v) is 0.566. The minimum Gasteiger partial charge on any atom is -0.317 e. The summed E-state index contributed by atoms with van der Waals surface area (Å²) in [6.07, 6.45) is 3.50. The summed E-state index contributed by atoms with van der Waals surface area (Å²) in [6, 6.07) is 5.72. The summed E-state index contributed by atoms with van der Waals surface area (Å²) in [6.45, 7) is 0. The summed E-state index contributed by atoms with van der Waals surface area (Å²) in [5.41, 5.74) is 1.75. The van der Waals surface area contributed by atoms with Gasteiger partial charge in [0.25, 0.3) is 0 Å². The summed E-state index contributed by atoms with van der Waals surface area (Å²) >= 11 is 0. The fourth-order valence-electron chi connectivity index (χ4n) is 0.313. The third kappa shape index (κ3) is 7.07.